The van der Waals surface area contributed by atoms with Crippen molar-refractivity contribution in [2.75, 3.05) is 16.8 Å². The number of anilines is 2. The number of hydrogen-bond donors (Lipinski definition) is 1. The molecule has 1 fully saturated rings. The first kappa shape index (κ1) is 20.9. The van der Waals surface area contributed by atoms with Gasteiger partial charge < -0.3 is 10.2 Å². The predicted molar refractivity (Wildman–Crippen MR) is 118 cm³/mol. The third-order valence-electron chi connectivity index (χ3n) is 5.26. The Bertz CT molecular complexity index is 907. The van der Waals surface area contributed by atoms with Gasteiger partial charge >= 0.3 is 0 Å². The summed E-state index contributed by atoms with van der Waals surface area (Å²) in [6.07, 6.45) is 1.91. The van der Waals surface area contributed by atoms with E-state index in [9.17, 15) is 9.59 Å². The van der Waals surface area contributed by atoms with Gasteiger partial charge in [0.25, 0.3) is 0 Å². The van der Waals surface area contributed by atoms with Crippen LogP contribution in [-0.4, -0.2) is 18.4 Å². The van der Waals surface area contributed by atoms with E-state index in [0.29, 0.717) is 17.3 Å². The number of carbonyl (C=O) groups is 2. The molecule has 2 amide bonds. The van der Waals surface area contributed by atoms with Crippen molar-refractivity contribution in [2.24, 2.45) is 5.92 Å². The van der Waals surface area contributed by atoms with Crippen molar-refractivity contribution in [3.8, 4) is 0 Å². The number of rotatable bonds is 5. The van der Waals surface area contributed by atoms with Crippen molar-refractivity contribution < 1.29 is 9.59 Å². The lowest BCUT2D eigenvalue weighted by Gasteiger charge is -2.23. The van der Waals surface area contributed by atoms with Gasteiger partial charge in [0.1, 0.15) is 0 Å². The zero-order chi connectivity index (χ0) is 20.4. The molecule has 6 heteroatoms. The van der Waals surface area contributed by atoms with Gasteiger partial charge in [-0.05, 0) is 64.5 Å². The molecule has 0 aromatic heterocycles. The maximum absolute atomic E-state index is 12.8. The fourth-order valence-corrected chi connectivity index (χ4v) is 4.30. The highest BCUT2D eigenvalue weighted by molar-refractivity contribution is 9.10. The van der Waals surface area contributed by atoms with E-state index in [2.05, 4.69) is 47.2 Å². The number of hydrogen-bond acceptors (Lipinski definition) is 2. The lowest BCUT2D eigenvalue weighted by atomic mass is 10.0. The fraction of sp³-hybridized carbons (Fsp3) is 0.364. The Kier molecular flexibility index (Phi) is 6.46. The van der Waals surface area contributed by atoms with Gasteiger partial charge in [0.05, 0.1) is 10.9 Å². The molecule has 1 aliphatic heterocycles. The highest BCUT2D eigenvalue weighted by Gasteiger charge is 2.36. The molecule has 28 heavy (non-hydrogen) atoms. The number of benzene rings is 2. The summed E-state index contributed by atoms with van der Waals surface area (Å²) >= 11 is 9.55. The standard InChI is InChI=1S/C22H24BrClN2O2/c1-4-14-7-6-8-15(5-2)21(14)26-12-16(10-20(26)27)22(28)25-19-11-18(24)17(23)9-13(19)3/h6-9,11,16H,4-5,10,12H2,1-3H3,(H,25,28)/t16-/m1/s1. The number of nitrogens with zero attached hydrogens (tertiary/aromatic N) is 1. The summed E-state index contributed by atoms with van der Waals surface area (Å²) in [5, 5.41) is 3.48. The molecular formula is C22H24BrClN2O2. The van der Waals surface area contributed by atoms with E-state index in [1.807, 2.05) is 19.1 Å². The molecule has 1 N–H and O–H groups in total. The third kappa shape index (κ3) is 4.11. The first-order chi connectivity index (χ1) is 13.3. The fourth-order valence-electron chi connectivity index (χ4n) is 3.68. The smallest absolute Gasteiger partial charge is 0.229 e. The zero-order valence-corrected chi connectivity index (χ0v) is 18.7. The first-order valence-corrected chi connectivity index (χ1v) is 10.7. The lowest BCUT2D eigenvalue weighted by molar-refractivity contribution is -0.122. The molecular weight excluding hydrogens is 440 g/mol. The lowest BCUT2D eigenvalue weighted by Crippen LogP contribution is -2.29. The van der Waals surface area contributed by atoms with Crippen LogP contribution in [0.15, 0.2) is 34.8 Å². The van der Waals surface area contributed by atoms with E-state index in [-0.39, 0.29) is 24.2 Å². The number of aryl methyl sites for hydroxylation is 3. The molecule has 1 heterocycles. The van der Waals surface area contributed by atoms with Gasteiger partial charge in [-0.1, -0.05) is 43.6 Å². The number of halogens is 2. The summed E-state index contributed by atoms with van der Waals surface area (Å²) < 4.78 is 0.787. The minimum absolute atomic E-state index is 0.00121. The molecule has 0 spiro atoms. The molecule has 2 aromatic carbocycles. The quantitative estimate of drug-likeness (QED) is 0.634. The highest BCUT2D eigenvalue weighted by atomic mass is 79.9. The van der Waals surface area contributed by atoms with Crippen LogP contribution in [0.25, 0.3) is 0 Å². The predicted octanol–water partition coefficient (Wildman–Crippen LogP) is 5.53. The van der Waals surface area contributed by atoms with Crippen molar-refractivity contribution in [2.45, 2.75) is 40.0 Å². The minimum Gasteiger partial charge on any atom is -0.325 e. The van der Waals surface area contributed by atoms with Crippen molar-refractivity contribution in [1.29, 1.82) is 0 Å². The van der Waals surface area contributed by atoms with E-state index in [1.54, 1.807) is 11.0 Å². The Morgan fingerprint density at radius 1 is 1.25 bits per heavy atom. The summed E-state index contributed by atoms with van der Waals surface area (Å²) in [6, 6.07) is 9.75. The molecule has 0 unspecified atom stereocenters. The van der Waals surface area contributed by atoms with Gasteiger partial charge in [-0.2, -0.15) is 0 Å². The van der Waals surface area contributed by atoms with Crippen LogP contribution in [-0.2, 0) is 22.4 Å². The van der Waals surface area contributed by atoms with Crippen LogP contribution in [0, 0.1) is 12.8 Å². The third-order valence-corrected chi connectivity index (χ3v) is 6.45. The SMILES string of the molecule is CCc1cccc(CC)c1N1C[C@H](C(=O)Nc2cc(Cl)c(Br)cc2C)CC1=O. The number of carbonyl (C=O) groups excluding carboxylic acids is 2. The topological polar surface area (TPSA) is 49.4 Å². The second-order valence-electron chi connectivity index (χ2n) is 7.11. The Morgan fingerprint density at radius 2 is 1.89 bits per heavy atom. The van der Waals surface area contributed by atoms with Gasteiger partial charge in [0.2, 0.25) is 11.8 Å². The average molecular weight is 464 g/mol. The van der Waals surface area contributed by atoms with E-state index >= 15 is 0 Å². The first-order valence-electron chi connectivity index (χ1n) is 9.53. The number of nitrogens with one attached hydrogen (secondary N) is 1. The van der Waals surface area contributed by atoms with Crippen LogP contribution in [0.4, 0.5) is 11.4 Å². The normalized spacial score (nSPS) is 16.5. The molecule has 148 valence electrons. The van der Waals surface area contributed by atoms with E-state index in [1.165, 1.54) is 0 Å². The van der Waals surface area contributed by atoms with Crippen LogP contribution >= 0.6 is 27.5 Å². The van der Waals surface area contributed by atoms with Crippen LogP contribution in [0.5, 0.6) is 0 Å². The molecule has 0 bridgehead atoms. The molecule has 1 saturated heterocycles. The van der Waals surface area contributed by atoms with Gasteiger partial charge in [-0.3, -0.25) is 9.59 Å². The molecule has 3 rings (SSSR count). The van der Waals surface area contributed by atoms with Crippen molar-refractivity contribution in [1.82, 2.24) is 0 Å². The van der Waals surface area contributed by atoms with Crippen molar-refractivity contribution >= 4 is 50.7 Å². The van der Waals surface area contributed by atoms with E-state index < -0.39 is 0 Å². The summed E-state index contributed by atoms with van der Waals surface area (Å²) in [5.41, 5.74) is 4.85. The van der Waals surface area contributed by atoms with Crippen molar-refractivity contribution in [3.05, 3.63) is 56.5 Å². The van der Waals surface area contributed by atoms with E-state index in [4.69, 9.17) is 11.6 Å². The second kappa shape index (κ2) is 8.66. The zero-order valence-electron chi connectivity index (χ0n) is 16.3. The van der Waals surface area contributed by atoms with Crippen LogP contribution in [0.1, 0.15) is 37.0 Å². The summed E-state index contributed by atoms with van der Waals surface area (Å²) in [5.74, 6) is -0.533. The number of amides is 2. The summed E-state index contributed by atoms with van der Waals surface area (Å²) in [4.78, 5) is 27.4. The largest absolute Gasteiger partial charge is 0.325 e. The van der Waals surface area contributed by atoms with Gasteiger partial charge in [-0.25, -0.2) is 0 Å². The van der Waals surface area contributed by atoms with Gasteiger partial charge in [0.15, 0.2) is 0 Å². The maximum Gasteiger partial charge on any atom is 0.229 e. The molecule has 2 aromatic rings. The van der Waals surface area contributed by atoms with Crippen LogP contribution < -0.4 is 10.2 Å². The molecule has 1 aliphatic rings. The Hall–Kier alpha value is -1.85. The Labute approximate surface area is 179 Å². The molecule has 1 atom stereocenters. The molecule has 4 nitrogen and oxygen atoms in total. The second-order valence-corrected chi connectivity index (χ2v) is 8.37. The molecule has 0 aliphatic carbocycles. The average Bonchev–Trinajstić information content (AvgIpc) is 3.06. The van der Waals surface area contributed by atoms with E-state index in [0.717, 1.165) is 39.7 Å². The summed E-state index contributed by atoms with van der Waals surface area (Å²) in [7, 11) is 0. The Morgan fingerprint density at radius 3 is 2.50 bits per heavy atom. The van der Waals surface area contributed by atoms with Crippen LogP contribution in [0.3, 0.4) is 0 Å². The Balaban J connectivity index is 1.82. The molecule has 0 saturated carbocycles. The van der Waals surface area contributed by atoms with Crippen LogP contribution in [0.2, 0.25) is 5.02 Å². The number of para-hydroxylation sites is 1. The summed E-state index contributed by atoms with van der Waals surface area (Å²) in [6.45, 7) is 6.48. The highest BCUT2D eigenvalue weighted by Crippen LogP contribution is 2.34. The maximum atomic E-state index is 12.8. The minimum atomic E-state index is -0.385. The van der Waals surface area contributed by atoms with Crippen molar-refractivity contribution in [3.63, 3.8) is 0 Å². The monoisotopic (exact) mass is 462 g/mol. The van der Waals surface area contributed by atoms with Gasteiger partial charge in [-0.15, -0.1) is 0 Å². The van der Waals surface area contributed by atoms with Gasteiger partial charge in [0, 0.05) is 28.8 Å². The molecule has 0 radical (unpaired) electrons.